The van der Waals surface area contributed by atoms with Crippen LogP contribution in [0.2, 0.25) is 0 Å². The lowest BCUT2D eigenvalue weighted by molar-refractivity contribution is 0.0991. The van der Waals surface area contributed by atoms with Crippen molar-refractivity contribution in [2.45, 2.75) is 6.92 Å². The highest BCUT2D eigenvalue weighted by Crippen LogP contribution is 2.36. The molecule has 12 heteroatoms. The summed E-state index contributed by atoms with van der Waals surface area (Å²) in [6, 6.07) is 12.4. The average molecular weight is 446 g/mol. The number of nitrogens with zero attached hydrogens (tertiary/aromatic N) is 7. The predicted molar refractivity (Wildman–Crippen MR) is 116 cm³/mol. The summed E-state index contributed by atoms with van der Waals surface area (Å²) in [5, 5.41) is 36.7. The third kappa shape index (κ3) is 3.18. The Morgan fingerprint density at radius 2 is 2.00 bits per heavy atom. The van der Waals surface area contributed by atoms with Crippen LogP contribution in [0.4, 0.5) is 11.5 Å². The van der Waals surface area contributed by atoms with E-state index in [1.807, 2.05) is 17.5 Å². The Morgan fingerprint density at radius 3 is 2.72 bits per heavy atom. The Morgan fingerprint density at radius 1 is 1.19 bits per heavy atom. The van der Waals surface area contributed by atoms with Gasteiger partial charge < -0.3 is 10.8 Å². The monoisotopic (exact) mass is 446 g/mol. The third-order valence-electron chi connectivity index (χ3n) is 4.75. The number of rotatable bonds is 4. The summed E-state index contributed by atoms with van der Waals surface area (Å²) < 4.78 is 5.93. The molecule has 11 nitrogen and oxygen atoms in total. The number of hydrogen-bond donors (Lipinski definition) is 2. The Kier molecular flexibility index (Phi) is 4.67. The van der Waals surface area contributed by atoms with Gasteiger partial charge >= 0.3 is 5.91 Å². The number of aromatic nitrogens is 5. The number of phenols is 1. The molecule has 0 aliphatic carbocycles. The van der Waals surface area contributed by atoms with E-state index in [2.05, 4.69) is 35.5 Å². The van der Waals surface area contributed by atoms with Gasteiger partial charge in [0, 0.05) is 10.8 Å². The summed E-state index contributed by atoms with van der Waals surface area (Å²) in [7, 11) is 0. The number of aryl methyl sites for hydroxylation is 1. The summed E-state index contributed by atoms with van der Waals surface area (Å²) in [5.74, 6) is -0.465. The molecule has 1 amide bonds. The first-order valence-corrected chi connectivity index (χ1v) is 10.2. The number of benzene rings is 2. The van der Waals surface area contributed by atoms with Crippen LogP contribution in [0.15, 0.2) is 62.7 Å². The van der Waals surface area contributed by atoms with Crippen molar-refractivity contribution >= 4 is 39.5 Å². The van der Waals surface area contributed by atoms with Crippen LogP contribution in [0.25, 0.3) is 27.2 Å². The topological polar surface area (TPSA) is 158 Å². The molecular formula is C20H14N8O3S. The fourth-order valence-electron chi connectivity index (χ4n) is 3.30. The van der Waals surface area contributed by atoms with Crippen molar-refractivity contribution in [2.75, 3.05) is 5.73 Å². The number of carbonyl (C=O) groups excluding carboxylic acids is 1. The summed E-state index contributed by atoms with van der Waals surface area (Å²) in [6.07, 6.45) is 0. The van der Waals surface area contributed by atoms with Gasteiger partial charge in [-0.3, -0.25) is 4.79 Å². The molecule has 0 saturated carbocycles. The number of anilines is 1. The molecular weight excluding hydrogens is 432 g/mol. The standard InChI is InChI=1S/C20H14N8O3S/c1-10-9-13(29)11-5-2-3-6-12(11)15(10)22-24-20(30)16-17(14-7-4-8-32-14)28(27-23-16)19-18(21)25-31-26-19/h2-9,29H,1H3,(H2,21,25). The number of thiophene rings is 1. The van der Waals surface area contributed by atoms with Gasteiger partial charge in [0.15, 0.2) is 5.69 Å². The molecule has 158 valence electrons. The van der Waals surface area contributed by atoms with Crippen LogP contribution in [0.5, 0.6) is 5.75 Å². The van der Waals surface area contributed by atoms with Crippen molar-refractivity contribution in [2.24, 2.45) is 10.2 Å². The number of carbonyl (C=O) groups is 1. The SMILES string of the molecule is Cc1cc(O)c2ccccc2c1N=NC(=O)c1nnn(-c2nonc2N)c1-c1cccs1. The maximum atomic E-state index is 13.0. The van der Waals surface area contributed by atoms with Gasteiger partial charge in [-0.05, 0) is 40.3 Å². The molecule has 0 fully saturated rings. The van der Waals surface area contributed by atoms with Crippen molar-refractivity contribution in [3.8, 4) is 22.1 Å². The first-order valence-electron chi connectivity index (χ1n) is 9.30. The number of amides is 1. The largest absolute Gasteiger partial charge is 0.507 e. The second-order valence-electron chi connectivity index (χ2n) is 6.76. The van der Waals surface area contributed by atoms with Gasteiger partial charge in [0.1, 0.15) is 11.4 Å². The number of nitrogen functional groups attached to an aromatic ring is 1. The average Bonchev–Trinajstić information content (AvgIpc) is 3.53. The summed E-state index contributed by atoms with van der Waals surface area (Å²) in [6.45, 7) is 1.78. The maximum absolute atomic E-state index is 13.0. The van der Waals surface area contributed by atoms with Gasteiger partial charge in [-0.2, -0.15) is 4.68 Å². The highest BCUT2D eigenvalue weighted by atomic mass is 32.1. The molecule has 2 aromatic carbocycles. The van der Waals surface area contributed by atoms with E-state index in [0.29, 0.717) is 32.6 Å². The van der Waals surface area contributed by atoms with Crippen LogP contribution >= 0.6 is 11.3 Å². The number of nitrogens with two attached hydrogens (primary N) is 1. The Balaban J connectivity index is 1.60. The maximum Gasteiger partial charge on any atom is 0.318 e. The summed E-state index contributed by atoms with van der Waals surface area (Å²) in [4.78, 5) is 13.7. The van der Waals surface area contributed by atoms with E-state index >= 15 is 0 Å². The van der Waals surface area contributed by atoms with Crippen molar-refractivity contribution in [1.29, 1.82) is 0 Å². The normalized spacial score (nSPS) is 11.5. The molecule has 32 heavy (non-hydrogen) atoms. The first kappa shape index (κ1) is 19.5. The molecule has 3 heterocycles. The minimum Gasteiger partial charge on any atom is -0.507 e. The number of fused-ring (bicyclic) bond motifs is 1. The van der Waals surface area contributed by atoms with Gasteiger partial charge in [-0.15, -0.1) is 26.7 Å². The van der Waals surface area contributed by atoms with Gasteiger partial charge in [-0.1, -0.05) is 35.5 Å². The molecule has 0 saturated heterocycles. The Labute approximate surface area is 183 Å². The molecule has 0 atom stereocenters. The van der Waals surface area contributed by atoms with Crippen LogP contribution in [-0.2, 0) is 0 Å². The van der Waals surface area contributed by atoms with Crippen LogP contribution in [-0.4, -0.2) is 36.3 Å². The van der Waals surface area contributed by atoms with Crippen molar-refractivity contribution in [3.63, 3.8) is 0 Å². The van der Waals surface area contributed by atoms with Crippen LogP contribution in [0, 0.1) is 6.92 Å². The van der Waals surface area contributed by atoms with Crippen LogP contribution < -0.4 is 5.73 Å². The zero-order valence-electron chi connectivity index (χ0n) is 16.5. The van der Waals surface area contributed by atoms with E-state index in [0.717, 1.165) is 0 Å². The zero-order valence-corrected chi connectivity index (χ0v) is 17.3. The molecule has 5 rings (SSSR count). The van der Waals surface area contributed by atoms with Crippen LogP contribution in [0.1, 0.15) is 16.1 Å². The second kappa shape index (κ2) is 7.67. The van der Waals surface area contributed by atoms with E-state index in [9.17, 15) is 9.90 Å². The number of phenolic OH excluding ortho intramolecular Hbond substituents is 1. The van der Waals surface area contributed by atoms with Crippen molar-refractivity contribution < 1.29 is 14.5 Å². The predicted octanol–water partition coefficient (Wildman–Crippen LogP) is 4.05. The molecule has 0 unspecified atom stereocenters. The molecule has 0 spiro atoms. The highest BCUT2D eigenvalue weighted by Gasteiger charge is 2.26. The van der Waals surface area contributed by atoms with E-state index in [1.54, 1.807) is 37.3 Å². The van der Waals surface area contributed by atoms with Gasteiger partial charge in [-0.25, -0.2) is 4.63 Å². The minimum atomic E-state index is -0.703. The molecule has 3 N–H and O–H groups in total. The number of azo groups is 1. The van der Waals surface area contributed by atoms with E-state index in [1.165, 1.54) is 16.0 Å². The van der Waals surface area contributed by atoms with Gasteiger partial charge in [0.05, 0.1) is 10.6 Å². The van der Waals surface area contributed by atoms with E-state index in [-0.39, 0.29) is 23.1 Å². The zero-order chi connectivity index (χ0) is 22.2. The molecule has 0 radical (unpaired) electrons. The lowest BCUT2D eigenvalue weighted by Crippen LogP contribution is -2.04. The Bertz CT molecular complexity index is 1490. The third-order valence-corrected chi connectivity index (χ3v) is 5.63. The molecule has 0 aliphatic rings. The summed E-state index contributed by atoms with van der Waals surface area (Å²) in [5.41, 5.74) is 7.26. The Hall–Kier alpha value is -4.45. The molecule has 5 aromatic rings. The quantitative estimate of drug-likeness (QED) is 0.391. The van der Waals surface area contributed by atoms with Gasteiger partial charge in [0.25, 0.3) is 0 Å². The first-order chi connectivity index (χ1) is 15.5. The molecule has 0 bridgehead atoms. The number of hydrogen-bond acceptors (Lipinski definition) is 10. The fraction of sp³-hybridized carbons (Fsp3) is 0.0500. The summed E-state index contributed by atoms with van der Waals surface area (Å²) >= 11 is 1.38. The van der Waals surface area contributed by atoms with E-state index in [4.69, 9.17) is 5.73 Å². The number of aromatic hydroxyl groups is 1. The van der Waals surface area contributed by atoms with Crippen LogP contribution in [0.3, 0.4) is 0 Å². The van der Waals surface area contributed by atoms with Crippen molar-refractivity contribution in [3.05, 3.63) is 59.1 Å². The fourth-order valence-corrected chi connectivity index (χ4v) is 4.05. The highest BCUT2D eigenvalue weighted by molar-refractivity contribution is 7.13. The molecule has 3 aromatic heterocycles. The smallest absolute Gasteiger partial charge is 0.318 e. The molecule has 0 aliphatic heterocycles. The van der Waals surface area contributed by atoms with E-state index < -0.39 is 5.91 Å². The van der Waals surface area contributed by atoms with Crippen molar-refractivity contribution in [1.82, 2.24) is 25.3 Å². The lowest BCUT2D eigenvalue weighted by atomic mass is 10.0. The van der Waals surface area contributed by atoms with Gasteiger partial charge in [0.2, 0.25) is 11.6 Å². The second-order valence-corrected chi connectivity index (χ2v) is 7.71. The lowest BCUT2D eigenvalue weighted by Gasteiger charge is -2.07. The minimum absolute atomic E-state index is 0.000445.